The van der Waals surface area contributed by atoms with E-state index in [1.54, 1.807) is 12.5 Å². The maximum absolute atomic E-state index is 5.96. The monoisotopic (exact) mass is 304 g/mol. The number of rotatable bonds is 7. The minimum absolute atomic E-state index is 0.153. The molecule has 0 saturated carbocycles. The second kappa shape index (κ2) is 7.07. The van der Waals surface area contributed by atoms with Gasteiger partial charge in [-0.1, -0.05) is 31.9 Å². The molecule has 2 aromatic rings. The van der Waals surface area contributed by atoms with Gasteiger partial charge in [-0.15, -0.1) is 5.10 Å². The molecule has 1 atom stereocenters. The predicted molar refractivity (Wildman–Crippen MR) is 83.2 cm³/mol. The predicted octanol–water partition coefficient (Wildman–Crippen LogP) is 2.46. The summed E-state index contributed by atoms with van der Waals surface area (Å²) in [7, 11) is 0. The summed E-state index contributed by atoms with van der Waals surface area (Å²) in [5.41, 5.74) is 2.84. The van der Waals surface area contributed by atoms with Gasteiger partial charge in [0.2, 0.25) is 0 Å². The number of aromatic nitrogens is 3. The zero-order chi connectivity index (χ0) is 15.4. The average Bonchev–Trinajstić information content (AvgIpc) is 3.20. The Morgan fingerprint density at radius 1 is 1.41 bits per heavy atom. The van der Waals surface area contributed by atoms with Gasteiger partial charge in [0.1, 0.15) is 5.69 Å². The summed E-state index contributed by atoms with van der Waals surface area (Å²) in [6.07, 6.45) is 5.93. The Labute approximate surface area is 130 Å². The van der Waals surface area contributed by atoms with Crippen molar-refractivity contribution >= 4 is 0 Å². The third-order valence-electron chi connectivity index (χ3n) is 4.42. The third-order valence-corrected chi connectivity index (χ3v) is 4.42. The van der Waals surface area contributed by atoms with Crippen molar-refractivity contribution in [3.8, 4) is 11.3 Å². The van der Waals surface area contributed by atoms with Crippen molar-refractivity contribution in [1.29, 1.82) is 0 Å². The SMILES string of the molecule is CCC(CC)CNCC1Cn2nnc(-c3ccoc3)c2CO1. The molecule has 0 saturated heterocycles. The Kier molecular flexibility index (Phi) is 4.90. The van der Waals surface area contributed by atoms with E-state index in [4.69, 9.17) is 9.15 Å². The van der Waals surface area contributed by atoms with Crippen LogP contribution in [0.2, 0.25) is 0 Å². The Balaban J connectivity index is 1.56. The highest BCUT2D eigenvalue weighted by molar-refractivity contribution is 5.59. The van der Waals surface area contributed by atoms with Gasteiger partial charge in [-0.3, -0.25) is 0 Å². The van der Waals surface area contributed by atoms with Gasteiger partial charge in [0.25, 0.3) is 0 Å². The standard InChI is InChI=1S/C16H24N4O2/c1-3-12(4-2)7-17-8-14-9-20-15(11-22-14)16(18-19-20)13-5-6-21-10-13/h5-6,10,12,14,17H,3-4,7-9,11H2,1-2H3. The molecule has 2 aromatic heterocycles. The van der Waals surface area contributed by atoms with Crippen LogP contribution in [0.3, 0.4) is 0 Å². The van der Waals surface area contributed by atoms with Crippen LogP contribution in [0.4, 0.5) is 0 Å². The molecule has 22 heavy (non-hydrogen) atoms. The molecule has 1 aliphatic heterocycles. The summed E-state index contributed by atoms with van der Waals surface area (Å²) in [6, 6.07) is 1.90. The van der Waals surface area contributed by atoms with Crippen molar-refractivity contribution in [3.63, 3.8) is 0 Å². The number of hydrogen-bond donors (Lipinski definition) is 1. The van der Waals surface area contributed by atoms with Crippen molar-refractivity contribution in [1.82, 2.24) is 20.3 Å². The smallest absolute Gasteiger partial charge is 0.121 e. The van der Waals surface area contributed by atoms with Crippen molar-refractivity contribution in [2.24, 2.45) is 5.92 Å². The highest BCUT2D eigenvalue weighted by atomic mass is 16.5. The number of nitrogens with zero attached hydrogens (tertiary/aromatic N) is 3. The molecule has 1 aliphatic rings. The van der Waals surface area contributed by atoms with Crippen LogP contribution in [0.1, 0.15) is 32.4 Å². The van der Waals surface area contributed by atoms with Crippen molar-refractivity contribution in [2.45, 2.75) is 45.9 Å². The summed E-state index contributed by atoms with van der Waals surface area (Å²) in [4.78, 5) is 0. The lowest BCUT2D eigenvalue weighted by Crippen LogP contribution is -2.38. The first-order valence-corrected chi connectivity index (χ1v) is 8.09. The minimum Gasteiger partial charge on any atom is -0.472 e. The van der Waals surface area contributed by atoms with Gasteiger partial charge in [-0.05, 0) is 18.5 Å². The van der Waals surface area contributed by atoms with Crippen LogP contribution >= 0.6 is 0 Å². The fraction of sp³-hybridized carbons (Fsp3) is 0.625. The first kappa shape index (κ1) is 15.2. The molecule has 0 aliphatic carbocycles. The zero-order valence-corrected chi connectivity index (χ0v) is 13.3. The summed E-state index contributed by atoms with van der Waals surface area (Å²) in [6.45, 7) is 7.69. The van der Waals surface area contributed by atoms with Crippen LogP contribution in [0.15, 0.2) is 23.0 Å². The quantitative estimate of drug-likeness (QED) is 0.851. The van der Waals surface area contributed by atoms with E-state index in [2.05, 4.69) is 29.5 Å². The summed E-state index contributed by atoms with van der Waals surface area (Å²) < 4.78 is 13.0. The maximum Gasteiger partial charge on any atom is 0.121 e. The molecule has 120 valence electrons. The van der Waals surface area contributed by atoms with Crippen molar-refractivity contribution in [3.05, 3.63) is 24.3 Å². The number of nitrogens with one attached hydrogen (secondary N) is 1. The van der Waals surface area contributed by atoms with Crippen LogP contribution in [0.5, 0.6) is 0 Å². The van der Waals surface area contributed by atoms with E-state index in [1.807, 2.05) is 10.7 Å². The van der Waals surface area contributed by atoms with E-state index in [0.29, 0.717) is 6.61 Å². The molecule has 1 unspecified atom stereocenters. The van der Waals surface area contributed by atoms with Crippen LogP contribution in [0.25, 0.3) is 11.3 Å². The first-order valence-electron chi connectivity index (χ1n) is 8.09. The largest absolute Gasteiger partial charge is 0.472 e. The van der Waals surface area contributed by atoms with Crippen molar-refractivity contribution < 1.29 is 9.15 Å². The lowest BCUT2D eigenvalue weighted by atomic mass is 10.0. The molecule has 0 amide bonds. The Hall–Kier alpha value is -1.66. The van der Waals surface area contributed by atoms with Gasteiger partial charge in [-0.25, -0.2) is 4.68 Å². The Morgan fingerprint density at radius 3 is 3.00 bits per heavy atom. The van der Waals surface area contributed by atoms with Gasteiger partial charge in [0.05, 0.1) is 37.5 Å². The fourth-order valence-corrected chi connectivity index (χ4v) is 2.84. The van der Waals surface area contributed by atoms with Crippen LogP contribution in [0, 0.1) is 5.92 Å². The van der Waals surface area contributed by atoms with Gasteiger partial charge < -0.3 is 14.5 Å². The molecule has 0 spiro atoms. The van der Waals surface area contributed by atoms with Gasteiger partial charge in [0.15, 0.2) is 0 Å². The normalized spacial score (nSPS) is 17.9. The highest BCUT2D eigenvalue weighted by Gasteiger charge is 2.24. The van der Waals surface area contributed by atoms with E-state index >= 15 is 0 Å². The first-order chi connectivity index (χ1) is 10.8. The Bertz CT molecular complexity index is 575. The minimum atomic E-state index is 0.153. The third kappa shape index (κ3) is 3.23. The van der Waals surface area contributed by atoms with E-state index in [9.17, 15) is 0 Å². The van der Waals surface area contributed by atoms with Gasteiger partial charge in [-0.2, -0.15) is 0 Å². The average molecular weight is 304 g/mol. The lowest BCUT2D eigenvalue weighted by Gasteiger charge is -2.25. The van der Waals surface area contributed by atoms with E-state index in [0.717, 1.165) is 42.5 Å². The summed E-state index contributed by atoms with van der Waals surface area (Å²) in [5.74, 6) is 0.748. The fourth-order valence-electron chi connectivity index (χ4n) is 2.84. The molecule has 0 radical (unpaired) electrons. The molecule has 6 heteroatoms. The molecule has 6 nitrogen and oxygen atoms in total. The number of ether oxygens (including phenoxy) is 1. The highest BCUT2D eigenvalue weighted by Crippen LogP contribution is 2.25. The molecule has 0 bridgehead atoms. The number of hydrogen-bond acceptors (Lipinski definition) is 5. The molecule has 3 heterocycles. The summed E-state index contributed by atoms with van der Waals surface area (Å²) >= 11 is 0. The number of furan rings is 1. The van der Waals surface area contributed by atoms with Crippen LogP contribution in [-0.4, -0.2) is 34.2 Å². The molecule has 0 aromatic carbocycles. The number of fused-ring (bicyclic) bond motifs is 1. The van der Waals surface area contributed by atoms with E-state index in [1.165, 1.54) is 12.8 Å². The van der Waals surface area contributed by atoms with Gasteiger partial charge in [0, 0.05) is 12.1 Å². The van der Waals surface area contributed by atoms with E-state index < -0.39 is 0 Å². The molecular formula is C16H24N4O2. The zero-order valence-electron chi connectivity index (χ0n) is 13.3. The molecular weight excluding hydrogens is 280 g/mol. The summed E-state index contributed by atoms with van der Waals surface area (Å²) in [5, 5.41) is 12.0. The topological polar surface area (TPSA) is 65.1 Å². The lowest BCUT2D eigenvalue weighted by molar-refractivity contribution is 0.000998. The second-order valence-corrected chi connectivity index (χ2v) is 5.85. The second-order valence-electron chi connectivity index (χ2n) is 5.85. The van der Waals surface area contributed by atoms with Crippen molar-refractivity contribution in [2.75, 3.05) is 13.1 Å². The maximum atomic E-state index is 5.96. The molecule has 3 rings (SSSR count). The van der Waals surface area contributed by atoms with Gasteiger partial charge >= 0.3 is 0 Å². The van der Waals surface area contributed by atoms with Crippen LogP contribution in [-0.2, 0) is 17.9 Å². The van der Waals surface area contributed by atoms with Crippen LogP contribution < -0.4 is 5.32 Å². The van der Waals surface area contributed by atoms with E-state index in [-0.39, 0.29) is 6.10 Å². The molecule has 1 N–H and O–H groups in total. The Morgan fingerprint density at radius 2 is 2.27 bits per heavy atom. The molecule has 0 fully saturated rings.